The maximum absolute atomic E-state index is 11.7. The number of halogens is 1. The van der Waals surface area contributed by atoms with E-state index in [0.29, 0.717) is 10.8 Å². The lowest BCUT2D eigenvalue weighted by atomic mass is 10.2. The molecule has 4 nitrogen and oxygen atoms in total. The first-order valence-corrected chi connectivity index (χ1v) is 6.66. The Morgan fingerprint density at radius 1 is 1.58 bits per heavy atom. The molecule has 1 N–H and O–H groups in total. The van der Waals surface area contributed by atoms with Gasteiger partial charge >= 0.3 is 0 Å². The van der Waals surface area contributed by atoms with Crippen molar-refractivity contribution in [2.75, 3.05) is 0 Å². The molecule has 0 bridgehead atoms. The number of hydrogen-bond acceptors (Lipinski definition) is 3. The highest BCUT2D eigenvalue weighted by molar-refractivity contribution is 6.30. The Morgan fingerprint density at radius 2 is 2.32 bits per heavy atom. The molecule has 0 spiro atoms. The number of carbonyl (C=O) groups is 1. The van der Waals surface area contributed by atoms with E-state index >= 15 is 0 Å². The zero-order valence-electron chi connectivity index (χ0n) is 11.4. The molecule has 104 valence electrons. The van der Waals surface area contributed by atoms with E-state index in [4.69, 9.17) is 16.3 Å². The summed E-state index contributed by atoms with van der Waals surface area (Å²) in [6.07, 6.45) is 2.90. The lowest BCUT2D eigenvalue weighted by molar-refractivity contribution is -0.127. The minimum Gasteiger partial charge on any atom is -0.481 e. The smallest absolute Gasteiger partial charge is 0.280 e. The Morgan fingerprint density at radius 3 is 2.95 bits per heavy atom. The normalized spacial score (nSPS) is 12.4. The standard InChI is InChI=1S/C14H19ClN2O2/c1-4-5-8-16-17-14(18)11(3)19-13-7-6-12(15)9-10(13)2/h6-9,11H,4-5H2,1-3H3,(H,17,18). The third-order valence-corrected chi connectivity index (χ3v) is 2.73. The zero-order valence-corrected chi connectivity index (χ0v) is 12.2. The number of aryl methyl sites for hydroxylation is 1. The fraction of sp³-hybridized carbons (Fsp3) is 0.429. The van der Waals surface area contributed by atoms with E-state index in [1.54, 1.807) is 31.3 Å². The molecule has 0 aromatic heterocycles. The van der Waals surface area contributed by atoms with Crippen molar-refractivity contribution in [2.45, 2.75) is 39.7 Å². The highest BCUT2D eigenvalue weighted by Gasteiger charge is 2.14. The minimum atomic E-state index is -0.612. The van der Waals surface area contributed by atoms with E-state index in [1.807, 2.05) is 13.8 Å². The fourth-order valence-corrected chi connectivity index (χ4v) is 1.61. The highest BCUT2D eigenvalue weighted by Crippen LogP contribution is 2.22. The predicted octanol–water partition coefficient (Wildman–Crippen LogP) is 3.32. The van der Waals surface area contributed by atoms with Crippen molar-refractivity contribution in [2.24, 2.45) is 5.10 Å². The van der Waals surface area contributed by atoms with E-state index in [0.717, 1.165) is 18.4 Å². The number of carbonyl (C=O) groups excluding carboxylic acids is 1. The molecule has 1 unspecified atom stereocenters. The van der Waals surface area contributed by atoms with Gasteiger partial charge in [-0.25, -0.2) is 5.43 Å². The van der Waals surface area contributed by atoms with Crippen molar-refractivity contribution in [1.82, 2.24) is 5.43 Å². The average molecular weight is 283 g/mol. The molecule has 5 heteroatoms. The second kappa shape index (κ2) is 7.79. The van der Waals surface area contributed by atoms with Crippen LogP contribution in [0.15, 0.2) is 23.3 Å². The molecule has 0 saturated carbocycles. The van der Waals surface area contributed by atoms with Crippen LogP contribution in [-0.4, -0.2) is 18.2 Å². The molecule has 1 rings (SSSR count). The molecule has 0 heterocycles. The Hall–Kier alpha value is -1.55. The van der Waals surface area contributed by atoms with Gasteiger partial charge in [-0.3, -0.25) is 4.79 Å². The number of ether oxygens (including phenoxy) is 1. The van der Waals surface area contributed by atoms with Crippen LogP contribution in [0.25, 0.3) is 0 Å². The van der Waals surface area contributed by atoms with Crippen LogP contribution in [-0.2, 0) is 4.79 Å². The monoisotopic (exact) mass is 282 g/mol. The Bertz CT molecular complexity index is 461. The van der Waals surface area contributed by atoms with Crippen molar-refractivity contribution in [3.63, 3.8) is 0 Å². The minimum absolute atomic E-state index is 0.276. The van der Waals surface area contributed by atoms with Gasteiger partial charge in [0.1, 0.15) is 5.75 Å². The van der Waals surface area contributed by atoms with Gasteiger partial charge in [-0.2, -0.15) is 5.10 Å². The maximum Gasteiger partial charge on any atom is 0.280 e. The third kappa shape index (κ3) is 5.30. The molecular formula is C14H19ClN2O2. The summed E-state index contributed by atoms with van der Waals surface area (Å²) in [4.78, 5) is 11.7. The topological polar surface area (TPSA) is 50.7 Å². The first-order valence-electron chi connectivity index (χ1n) is 6.28. The molecule has 19 heavy (non-hydrogen) atoms. The van der Waals surface area contributed by atoms with Crippen LogP contribution in [0, 0.1) is 6.92 Å². The molecule has 0 radical (unpaired) electrons. The van der Waals surface area contributed by atoms with Gasteiger partial charge in [0.15, 0.2) is 6.10 Å². The van der Waals surface area contributed by atoms with Gasteiger partial charge in [0.25, 0.3) is 5.91 Å². The van der Waals surface area contributed by atoms with E-state index in [9.17, 15) is 4.79 Å². The summed E-state index contributed by atoms with van der Waals surface area (Å²) in [6, 6.07) is 5.27. The van der Waals surface area contributed by atoms with Crippen LogP contribution in [0.1, 0.15) is 32.3 Å². The van der Waals surface area contributed by atoms with Crippen molar-refractivity contribution in [1.29, 1.82) is 0 Å². The van der Waals surface area contributed by atoms with Crippen LogP contribution in [0.3, 0.4) is 0 Å². The summed E-state index contributed by atoms with van der Waals surface area (Å²) in [5.74, 6) is 0.367. The Kier molecular flexibility index (Phi) is 6.36. The largest absolute Gasteiger partial charge is 0.481 e. The molecule has 0 aliphatic rings. The first kappa shape index (κ1) is 15.5. The molecule has 0 aliphatic carbocycles. The van der Waals surface area contributed by atoms with E-state index in [-0.39, 0.29) is 5.91 Å². The predicted molar refractivity (Wildman–Crippen MR) is 77.8 cm³/mol. The molecule has 1 atom stereocenters. The molecule has 1 aromatic rings. The summed E-state index contributed by atoms with van der Waals surface area (Å²) in [6.45, 7) is 5.60. The number of unbranched alkanes of at least 4 members (excludes halogenated alkanes) is 1. The van der Waals surface area contributed by atoms with Crippen molar-refractivity contribution in [3.05, 3.63) is 28.8 Å². The van der Waals surface area contributed by atoms with Gasteiger partial charge in [0, 0.05) is 11.2 Å². The molecular weight excluding hydrogens is 264 g/mol. The zero-order chi connectivity index (χ0) is 14.3. The van der Waals surface area contributed by atoms with Gasteiger partial charge in [0.05, 0.1) is 0 Å². The van der Waals surface area contributed by atoms with E-state index < -0.39 is 6.10 Å². The van der Waals surface area contributed by atoms with Gasteiger partial charge in [-0.15, -0.1) is 0 Å². The lowest BCUT2D eigenvalue weighted by Crippen LogP contribution is -2.33. The average Bonchev–Trinajstić information content (AvgIpc) is 2.37. The number of hydrazone groups is 1. The van der Waals surface area contributed by atoms with Gasteiger partial charge < -0.3 is 4.74 Å². The van der Waals surface area contributed by atoms with Crippen molar-refractivity contribution in [3.8, 4) is 5.75 Å². The summed E-state index contributed by atoms with van der Waals surface area (Å²) >= 11 is 5.86. The maximum atomic E-state index is 11.7. The second-order valence-corrected chi connectivity index (χ2v) is 4.68. The second-order valence-electron chi connectivity index (χ2n) is 4.25. The SMILES string of the molecule is CCCC=NNC(=O)C(C)Oc1ccc(Cl)cc1C. The van der Waals surface area contributed by atoms with Gasteiger partial charge in [-0.1, -0.05) is 24.9 Å². The number of nitrogens with one attached hydrogen (secondary N) is 1. The summed E-state index contributed by atoms with van der Waals surface area (Å²) in [5.41, 5.74) is 3.34. The van der Waals surface area contributed by atoms with Crippen LogP contribution in [0.4, 0.5) is 0 Å². The Labute approximate surface area is 118 Å². The number of nitrogens with zero attached hydrogens (tertiary/aromatic N) is 1. The van der Waals surface area contributed by atoms with Crippen LogP contribution in [0.2, 0.25) is 5.02 Å². The third-order valence-electron chi connectivity index (χ3n) is 2.49. The number of benzene rings is 1. The number of rotatable bonds is 6. The summed E-state index contributed by atoms with van der Waals surface area (Å²) in [7, 11) is 0. The van der Waals surface area contributed by atoms with Crippen molar-refractivity contribution >= 4 is 23.7 Å². The summed E-state index contributed by atoms with van der Waals surface area (Å²) < 4.78 is 5.57. The van der Waals surface area contributed by atoms with Crippen LogP contribution >= 0.6 is 11.6 Å². The molecule has 1 amide bonds. The van der Waals surface area contributed by atoms with Crippen LogP contribution in [0.5, 0.6) is 5.75 Å². The van der Waals surface area contributed by atoms with Crippen molar-refractivity contribution < 1.29 is 9.53 Å². The van der Waals surface area contributed by atoms with E-state index in [1.165, 1.54) is 0 Å². The van der Waals surface area contributed by atoms with Gasteiger partial charge in [0.2, 0.25) is 0 Å². The molecule has 0 fully saturated rings. The number of hydrogen-bond donors (Lipinski definition) is 1. The summed E-state index contributed by atoms with van der Waals surface area (Å²) in [5, 5.41) is 4.48. The first-order chi connectivity index (χ1) is 9.04. The molecule has 0 aliphatic heterocycles. The Balaban J connectivity index is 2.54. The van der Waals surface area contributed by atoms with E-state index in [2.05, 4.69) is 10.5 Å². The lowest BCUT2D eigenvalue weighted by Gasteiger charge is -2.14. The molecule has 0 saturated heterocycles. The van der Waals surface area contributed by atoms with Gasteiger partial charge in [-0.05, 0) is 44.0 Å². The number of amides is 1. The quantitative estimate of drug-likeness (QED) is 0.643. The molecule has 1 aromatic carbocycles. The highest BCUT2D eigenvalue weighted by atomic mass is 35.5. The fourth-order valence-electron chi connectivity index (χ4n) is 1.38. The van der Waals surface area contributed by atoms with Crippen LogP contribution < -0.4 is 10.2 Å².